The predicted molar refractivity (Wildman–Crippen MR) is 137 cm³/mol. The number of hydrogen-bond acceptors (Lipinski definition) is 4. The van der Waals surface area contributed by atoms with E-state index in [1.807, 2.05) is 42.2 Å². The minimum Gasteiger partial charge on any atom is -0.457 e. The van der Waals surface area contributed by atoms with Crippen LogP contribution in [-0.2, 0) is 9.59 Å². The molecule has 1 aliphatic heterocycles. The van der Waals surface area contributed by atoms with E-state index in [0.29, 0.717) is 39.2 Å². The number of benzene rings is 2. The van der Waals surface area contributed by atoms with E-state index in [-0.39, 0.29) is 11.8 Å². The Balaban J connectivity index is 1.32. The molecule has 1 N–H and O–H groups in total. The first-order chi connectivity index (χ1) is 16.4. The van der Waals surface area contributed by atoms with Crippen molar-refractivity contribution < 1.29 is 14.0 Å². The van der Waals surface area contributed by atoms with Crippen molar-refractivity contribution in [1.82, 2.24) is 4.90 Å². The van der Waals surface area contributed by atoms with Crippen LogP contribution in [0.1, 0.15) is 19.1 Å². The van der Waals surface area contributed by atoms with E-state index in [4.69, 9.17) is 27.6 Å². The molecule has 0 spiro atoms. The van der Waals surface area contributed by atoms with Gasteiger partial charge in [-0.1, -0.05) is 36.2 Å². The van der Waals surface area contributed by atoms with Crippen molar-refractivity contribution in [2.75, 3.05) is 36.4 Å². The summed E-state index contributed by atoms with van der Waals surface area (Å²) in [7, 11) is 0. The number of anilines is 2. The normalized spacial score (nSPS) is 14.0. The van der Waals surface area contributed by atoms with Crippen LogP contribution in [0.4, 0.5) is 11.4 Å². The minimum atomic E-state index is -0.266. The molecule has 0 aliphatic carbocycles. The molecule has 0 saturated carbocycles. The van der Waals surface area contributed by atoms with Gasteiger partial charge in [0.25, 0.3) is 0 Å². The fraction of sp³-hybridized carbons (Fsp3) is 0.231. The highest BCUT2D eigenvalue weighted by Gasteiger charge is 2.20. The lowest BCUT2D eigenvalue weighted by Gasteiger charge is -2.36. The number of amides is 2. The van der Waals surface area contributed by atoms with Crippen LogP contribution < -0.4 is 10.2 Å². The molecule has 0 bridgehead atoms. The van der Waals surface area contributed by atoms with Gasteiger partial charge in [0.05, 0.1) is 10.0 Å². The van der Waals surface area contributed by atoms with Gasteiger partial charge in [-0.25, -0.2) is 0 Å². The molecule has 1 fully saturated rings. The van der Waals surface area contributed by atoms with E-state index in [2.05, 4.69) is 10.2 Å². The largest absolute Gasteiger partial charge is 0.457 e. The van der Waals surface area contributed by atoms with Gasteiger partial charge in [0, 0.05) is 55.6 Å². The summed E-state index contributed by atoms with van der Waals surface area (Å²) in [6.07, 6.45) is 3.56. The molecule has 2 heterocycles. The third kappa shape index (κ3) is 5.64. The summed E-state index contributed by atoms with van der Waals surface area (Å²) in [6, 6.07) is 16.6. The quantitative estimate of drug-likeness (QED) is 0.426. The number of halogens is 2. The number of piperazine rings is 1. The number of carbonyl (C=O) groups excluding carboxylic acids is 2. The molecule has 0 radical (unpaired) electrons. The number of hydrogen-bond donors (Lipinski definition) is 1. The third-order valence-electron chi connectivity index (χ3n) is 5.68. The van der Waals surface area contributed by atoms with Crippen molar-refractivity contribution in [2.45, 2.75) is 13.3 Å². The Kier molecular flexibility index (Phi) is 7.60. The molecule has 6 nitrogen and oxygen atoms in total. The first-order valence-electron chi connectivity index (χ1n) is 11.1. The van der Waals surface area contributed by atoms with Gasteiger partial charge < -0.3 is 19.5 Å². The van der Waals surface area contributed by atoms with Crippen LogP contribution in [0, 0.1) is 0 Å². The molecule has 3 aromatic rings. The molecule has 2 aromatic carbocycles. The molecule has 176 valence electrons. The van der Waals surface area contributed by atoms with Crippen LogP contribution in [0.5, 0.6) is 0 Å². The molecular formula is C26H25Cl2N3O3. The Morgan fingerprint density at radius 3 is 2.44 bits per heavy atom. The van der Waals surface area contributed by atoms with Gasteiger partial charge in [0.2, 0.25) is 11.8 Å². The zero-order valence-corrected chi connectivity index (χ0v) is 20.3. The van der Waals surface area contributed by atoms with Crippen molar-refractivity contribution >= 4 is 52.5 Å². The Hall–Kier alpha value is -3.22. The monoisotopic (exact) mass is 497 g/mol. The first kappa shape index (κ1) is 23.9. The second-order valence-electron chi connectivity index (χ2n) is 7.89. The van der Waals surface area contributed by atoms with Crippen molar-refractivity contribution in [3.8, 4) is 11.3 Å². The molecule has 1 saturated heterocycles. The van der Waals surface area contributed by atoms with E-state index in [1.165, 1.54) is 6.08 Å². The summed E-state index contributed by atoms with van der Waals surface area (Å²) >= 11 is 12.3. The van der Waals surface area contributed by atoms with Gasteiger partial charge in [0.15, 0.2) is 0 Å². The standard InChI is InChI=1S/C26H25Cl2N3O3/c1-2-25(33)31-16-14-30(15-17-31)19-8-6-18(7-9-19)29-24(32)13-11-20-10-12-23(34-20)21-4-3-5-22(27)26(21)28/h3-13H,2,14-17H2,1H3,(H,29,32). The van der Waals surface area contributed by atoms with Crippen LogP contribution >= 0.6 is 23.2 Å². The maximum atomic E-state index is 12.4. The molecule has 4 rings (SSSR count). The summed E-state index contributed by atoms with van der Waals surface area (Å²) < 4.78 is 5.78. The highest BCUT2D eigenvalue weighted by Crippen LogP contribution is 2.34. The molecular weight excluding hydrogens is 473 g/mol. The van der Waals surface area contributed by atoms with Gasteiger partial charge in [-0.2, -0.15) is 0 Å². The molecule has 0 unspecified atom stereocenters. The Morgan fingerprint density at radius 2 is 1.74 bits per heavy atom. The zero-order valence-electron chi connectivity index (χ0n) is 18.8. The molecule has 1 aliphatic rings. The smallest absolute Gasteiger partial charge is 0.248 e. The third-order valence-corrected chi connectivity index (χ3v) is 6.50. The highest BCUT2D eigenvalue weighted by atomic mass is 35.5. The van der Waals surface area contributed by atoms with Crippen molar-refractivity contribution in [2.24, 2.45) is 0 Å². The van der Waals surface area contributed by atoms with Crippen LogP contribution in [0.15, 0.2) is 65.1 Å². The second kappa shape index (κ2) is 10.8. The average molecular weight is 498 g/mol. The van der Waals surface area contributed by atoms with Gasteiger partial charge in [-0.05, 0) is 54.6 Å². The lowest BCUT2D eigenvalue weighted by Crippen LogP contribution is -2.48. The van der Waals surface area contributed by atoms with Crippen LogP contribution in [0.2, 0.25) is 10.0 Å². The zero-order chi connectivity index (χ0) is 24.1. The molecule has 0 atom stereocenters. The van der Waals surface area contributed by atoms with Crippen molar-refractivity contribution in [1.29, 1.82) is 0 Å². The first-order valence-corrected chi connectivity index (χ1v) is 11.9. The maximum absolute atomic E-state index is 12.4. The number of nitrogens with one attached hydrogen (secondary N) is 1. The van der Waals surface area contributed by atoms with Crippen LogP contribution in [0.25, 0.3) is 17.4 Å². The van der Waals surface area contributed by atoms with E-state index >= 15 is 0 Å². The van der Waals surface area contributed by atoms with E-state index < -0.39 is 0 Å². The van der Waals surface area contributed by atoms with E-state index in [1.54, 1.807) is 30.3 Å². The fourth-order valence-corrected chi connectivity index (χ4v) is 4.21. The lowest BCUT2D eigenvalue weighted by molar-refractivity contribution is -0.131. The van der Waals surface area contributed by atoms with Crippen LogP contribution in [-0.4, -0.2) is 42.9 Å². The molecule has 2 amide bonds. The Morgan fingerprint density at radius 1 is 1.00 bits per heavy atom. The Labute approximate surface area is 208 Å². The molecule has 34 heavy (non-hydrogen) atoms. The highest BCUT2D eigenvalue weighted by molar-refractivity contribution is 6.43. The summed E-state index contributed by atoms with van der Waals surface area (Å²) in [4.78, 5) is 28.3. The number of nitrogens with zero attached hydrogens (tertiary/aromatic N) is 2. The predicted octanol–water partition coefficient (Wildman–Crippen LogP) is 5.96. The minimum absolute atomic E-state index is 0.199. The SMILES string of the molecule is CCC(=O)N1CCN(c2ccc(NC(=O)C=Cc3ccc(-c4cccc(Cl)c4Cl)o3)cc2)CC1. The second-order valence-corrected chi connectivity index (χ2v) is 8.68. The van der Waals surface area contributed by atoms with E-state index in [0.717, 1.165) is 31.9 Å². The van der Waals surface area contributed by atoms with Crippen molar-refractivity contribution in [3.63, 3.8) is 0 Å². The molecule has 1 aromatic heterocycles. The maximum Gasteiger partial charge on any atom is 0.248 e. The topological polar surface area (TPSA) is 65.8 Å². The van der Waals surface area contributed by atoms with Gasteiger partial charge in [0.1, 0.15) is 11.5 Å². The fourth-order valence-electron chi connectivity index (χ4n) is 3.82. The summed E-state index contributed by atoms with van der Waals surface area (Å²) in [5.74, 6) is 1.03. The van der Waals surface area contributed by atoms with Crippen molar-refractivity contribution in [3.05, 3.63) is 76.5 Å². The summed E-state index contributed by atoms with van der Waals surface area (Å²) in [5, 5.41) is 3.72. The number of rotatable bonds is 6. The van der Waals surface area contributed by atoms with Gasteiger partial charge in [-0.3, -0.25) is 9.59 Å². The average Bonchev–Trinajstić information content (AvgIpc) is 3.33. The lowest BCUT2D eigenvalue weighted by atomic mass is 10.2. The van der Waals surface area contributed by atoms with Gasteiger partial charge in [-0.15, -0.1) is 0 Å². The molecule has 8 heteroatoms. The summed E-state index contributed by atoms with van der Waals surface area (Å²) in [6.45, 7) is 4.94. The number of carbonyl (C=O) groups is 2. The number of furan rings is 1. The van der Waals surface area contributed by atoms with Gasteiger partial charge >= 0.3 is 0 Å². The summed E-state index contributed by atoms with van der Waals surface area (Å²) in [5.41, 5.74) is 2.46. The van der Waals surface area contributed by atoms with E-state index in [9.17, 15) is 9.59 Å². The Bertz CT molecular complexity index is 1200. The van der Waals surface area contributed by atoms with Crippen LogP contribution in [0.3, 0.4) is 0 Å².